The van der Waals surface area contributed by atoms with Gasteiger partial charge in [-0.2, -0.15) is 5.26 Å². The van der Waals surface area contributed by atoms with Crippen molar-refractivity contribution in [2.75, 3.05) is 7.05 Å². The van der Waals surface area contributed by atoms with Gasteiger partial charge in [-0.1, -0.05) is 0 Å². The number of hydrogen-bond donors (Lipinski definition) is 2. The highest BCUT2D eigenvalue weighted by molar-refractivity contribution is 7.10. The molecule has 2 N–H and O–H groups in total. The Bertz CT molecular complexity index is 817. The third kappa shape index (κ3) is 2.69. The minimum absolute atomic E-state index is 0.0839. The fraction of sp³-hybridized carbons (Fsp3) is 0.250. The fourth-order valence-corrected chi connectivity index (χ4v) is 3.56. The summed E-state index contributed by atoms with van der Waals surface area (Å²) >= 11 is 1.53. The highest BCUT2D eigenvalue weighted by atomic mass is 32.1. The second-order valence-electron chi connectivity index (χ2n) is 5.71. The summed E-state index contributed by atoms with van der Waals surface area (Å²) < 4.78 is 0. The van der Waals surface area contributed by atoms with Crippen LogP contribution in [0.3, 0.4) is 0 Å². The Morgan fingerprint density at radius 3 is 2.91 bits per heavy atom. The lowest BCUT2D eigenvalue weighted by atomic mass is 9.92. The molecule has 7 heteroatoms. The molecule has 6 nitrogen and oxygen atoms in total. The fourth-order valence-electron chi connectivity index (χ4n) is 2.52. The molecule has 0 radical (unpaired) electrons. The largest absolute Gasteiger partial charge is 0.345 e. The van der Waals surface area contributed by atoms with Crippen LogP contribution in [0.4, 0.5) is 0 Å². The second kappa shape index (κ2) is 5.48. The first-order valence-corrected chi connectivity index (χ1v) is 7.89. The first kappa shape index (κ1) is 15.2. The molecule has 0 aromatic carbocycles. The molecule has 0 saturated carbocycles. The molecule has 2 aromatic heterocycles. The summed E-state index contributed by atoms with van der Waals surface area (Å²) in [6, 6.07) is 5.86. The van der Waals surface area contributed by atoms with Crippen molar-refractivity contribution < 1.29 is 4.79 Å². The van der Waals surface area contributed by atoms with Gasteiger partial charge in [0.05, 0.1) is 17.5 Å². The standard InChI is InChI=1S/C16H15N5OS/c1-16(5-14(22)21(2)15(18)20-16)13-4-12(9-23-13)11-3-10(6-17)7-19-8-11/h3-4,7-9H,5H2,1-2H3,(H2,18,20)/t16-/m0/s1. The maximum atomic E-state index is 12.1. The molecule has 1 fully saturated rings. The first-order chi connectivity index (χ1) is 10.9. The molecule has 0 unspecified atom stereocenters. The first-order valence-electron chi connectivity index (χ1n) is 7.01. The highest BCUT2D eigenvalue weighted by Crippen LogP contribution is 2.36. The van der Waals surface area contributed by atoms with Gasteiger partial charge in [0.2, 0.25) is 5.91 Å². The van der Waals surface area contributed by atoms with Crippen molar-refractivity contribution in [3.63, 3.8) is 0 Å². The predicted molar refractivity (Wildman–Crippen MR) is 87.9 cm³/mol. The zero-order chi connectivity index (χ0) is 16.6. The normalized spacial score (nSPS) is 21.0. The average molecular weight is 325 g/mol. The lowest BCUT2D eigenvalue weighted by Gasteiger charge is -2.38. The molecule has 0 aliphatic carbocycles. The van der Waals surface area contributed by atoms with E-state index in [4.69, 9.17) is 10.7 Å². The molecule has 1 aliphatic rings. The van der Waals surface area contributed by atoms with Crippen molar-refractivity contribution in [3.8, 4) is 17.2 Å². The number of amides is 1. The van der Waals surface area contributed by atoms with Crippen LogP contribution in [0, 0.1) is 16.7 Å². The molecule has 1 saturated heterocycles. The van der Waals surface area contributed by atoms with Crippen LogP contribution in [0.15, 0.2) is 29.9 Å². The van der Waals surface area contributed by atoms with Gasteiger partial charge in [0, 0.05) is 29.9 Å². The third-order valence-electron chi connectivity index (χ3n) is 3.95. The van der Waals surface area contributed by atoms with Crippen molar-refractivity contribution in [2.24, 2.45) is 0 Å². The van der Waals surface area contributed by atoms with E-state index in [1.807, 2.05) is 18.4 Å². The van der Waals surface area contributed by atoms with Crippen LogP contribution in [-0.4, -0.2) is 28.8 Å². The summed E-state index contributed by atoms with van der Waals surface area (Å²) in [5, 5.41) is 22.0. The number of guanidine groups is 1. The van der Waals surface area contributed by atoms with Crippen LogP contribution in [-0.2, 0) is 10.3 Å². The number of nitrogens with zero attached hydrogens (tertiary/aromatic N) is 3. The molecule has 3 rings (SSSR count). The van der Waals surface area contributed by atoms with Crippen molar-refractivity contribution in [3.05, 3.63) is 40.3 Å². The van der Waals surface area contributed by atoms with Crippen molar-refractivity contribution in [2.45, 2.75) is 18.9 Å². The van der Waals surface area contributed by atoms with Crippen molar-refractivity contribution in [1.29, 1.82) is 10.7 Å². The maximum Gasteiger partial charge on any atom is 0.231 e. The van der Waals surface area contributed by atoms with Crippen LogP contribution in [0.2, 0.25) is 0 Å². The molecular formula is C16H15N5OS. The number of nitriles is 1. The number of hydrogen-bond acceptors (Lipinski definition) is 5. The molecule has 23 heavy (non-hydrogen) atoms. The van der Waals surface area contributed by atoms with Crippen LogP contribution < -0.4 is 5.32 Å². The molecule has 3 heterocycles. The van der Waals surface area contributed by atoms with E-state index in [9.17, 15) is 4.79 Å². The highest BCUT2D eigenvalue weighted by Gasteiger charge is 2.38. The van der Waals surface area contributed by atoms with Crippen LogP contribution in [0.1, 0.15) is 23.8 Å². The number of pyridine rings is 1. The van der Waals surface area contributed by atoms with E-state index >= 15 is 0 Å². The molecule has 2 aromatic rings. The Balaban J connectivity index is 1.94. The van der Waals surface area contributed by atoms with Crippen LogP contribution in [0.5, 0.6) is 0 Å². The van der Waals surface area contributed by atoms with E-state index < -0.39 is 5.54 Å². The van der Waals surface area contributed by atoms with Gasteiger partial charge in [0.1, 0.15) is 6.07 Å². The zero-order valence-electron chi connectivity index (χ0n) is 12.8. The summed E-state index contributed by atoms with van der Waals surface area (Å²) in [6.07, 6.45) is 3.53. The topological polar surface area (TPSA) is 92.9 Å². The Labute approximate surface area is 137 Å². The van der Waals surface area contributed by atoms with Gasteiger partial charge >= 0.3 is 0 Å². The Hall–Kier alpha value is -2.72. The Kier molecular flexibility index (Phi) is 3.62. The SMILES string of the molecule is CN1C(=N)N[C@](C)(c2cc(-c3cncc(C#N)c3)cs2)CC1=O. The summed E-state index contributed by atoms with van der Waals surface area (Å²) in [6.45, 7) is 1.92. The molecule has 0 spiro atoms. The van der Waals surface area contributed by atoms with Crippen molar-refractivity contribution in [1.82, 2.24) is 15.2 Å². The maximum absolute atomic E-state index is 12.1. The number of nitrogens with one attached hydrogen (secondary N) is 2. The molecule has 0 bridgehead atoms. The van der Waals surface area contributed by atoms with E-state index in [-0.39, 0.29) is 11.9 Å². The number of thiophene rings is 1. The Morgan fingerprint density at radius 2 is 2.22 bits per heavy atom. The number of aromatic nitrogens is 1. The molecule has 1 amide bonds. The minimum Gasteiger partial charge on any atom is -0.345 e. The smallest absolute Gasteiger partial charge is 0.231 e. The zero-order valence-corrected chi connectivity index (χ0v) is 13.6. The average Bonchev–Trinajstić information content (AvgIpc) is 3.03. The van der Waals surface area contributed by atoms with Gasteiger partial charge in [-0.25, -0.2) is 0 Å². The summed E-state index contributed by atoms with van der Waals surface area (Å²) in [5.41, 5.74) is 1.74. The van der Waals surface area contributed by atoms with E-state index in [2.05, 4.69) is 16.4 Å². The molecular weight excluding hydrogens is 310 g/mol. The summed E-state index contributed by atoms with van der Waals surface area (Å²) in [5.74, 6) is 0.0196. The van der Waals surface area contributed by atoms with Crippen molar-refractivity contribution >= 4 is 23.2 Å². The lowest BCUT2D eigenvalue weighted by molar-refractivity contribution is -0.129. The summed E-state index contributed by atoms with van der Waals surface area (Å²) in [4.78, 5) is 18.4. The molecule has 116 valence electrons. The van der Waals surface area contributed by atoms with E-state index in [1.54, 1.807) is 19.3 Å². The third-order valence-corrected chi connectivity index (χ3v) is 5.15. The number of carbonyl (C=O) groups is 1. The summed E-state index contributed by atoms with van der Waals surface area (Å²) in [7, 11) is 1.59. The Morgan fingerprint density at radius 1 is 1.43 bits per heavy atom. The molecule has 1 aliphatic heterocycles. The van der Waals surface area contributed by atoms with Crippen LogP contribution in [0.25, 0.3) is 11.1 Å². The van der Waals surface area contributed by atoms with Gasteiger partial charge in [-0.3, -0.25) is 20.1 Å². The monoisotopic (exact) mass is 325 g/mol. The number of carbonyl (C=O) groups excluding carboxylic acids is 1. The number of rotatable bonds is 2. The van der Waals surface area contributed by atoms with Gasteiger partial charge in [-0.05, 0) is 30.0 Å². The van der Waals surface area contributed by atoms with Gasteiger partial charge in [-0.15, -0.1) is 11.3 Å². The quantitative estimate of drug-likeness (QED) is 0.886. The van der Waals surface area contributed by atoms with Crippen LogP contribution >= 0.6 is 11.3 Å². The van der Waals surface area contributed by atoms with E-state index in [0.29, 0.717) is 12.0 Å². The predicted octanol–water partition coefficient (Wildman–Crippen LogP) is 2.28. The van der Waals surface area contributed by atoms with E-state index in [0.717, 1.165) is 16.0 Å². The molecule has 1 atom stereocenters. The van der Waals surface area contributed by atoms with Gasteiger partial charge < -0.3 is 5.32 Å². The van der Waals surface area contributed by atoms with Gasteiger partial charge in [0.25, 0.3) is 0 Å². The lowest BCUT2D eigenvalue weighted by Crippen LogP contribution is -2.57. The van der Waals surface area contributed by atoms with E-state index in [1.165, 1.54) is 22.4 Å². The second-order valence-corrected chi connectivity index (χ2v) is 6.62. The van der Waals surface area contributed by atoms with Gasteiger partial charge in [0.15, 0.2) is 5.96 Å². The minimum atomic E-state index is -0.593.